The monoisotopic (exact) mass is 376 g/mol. The molecule has 2 rings (SSSR count). The average Bonchev–Trinajstić information content (AvgIpc) is 2.60. The average molecular weight is 378 g/mol. The highest BCUT2D eigenvalue weighted by atomic mass is 79.9. The maximum Gasteiger partial charge on any atom is 0.123 e. The van der Waals surface area contributed by atoms with Crippen LogP contribution in [0.5, 0.6) is 0 Å². The number of hydrogen-bond acceptors (Lipinski definition) is 1. The van der Waals surface area contributed by atoms with E-state index in [0.29, 0.717) is 0 Å². The first-order chi connectivity index (χ1) is 7.99. The van der Waals surface area contributed by atoms with Gasteiger partial charge in [0, 0.05) is 14.2 Å². The minimum atomic E-state index is -0.211. The molecule has 0 radical (unpaired) electrons. The summed E-state index contributed by atoms with van der Waals surface area (Å²) in [4.78, 5) is 2.56. The highest BCUT2D eigenvalue weighted by Crippen LogP contribution is 2.39. The summed E-state index contributed by atoms with van der Waals surface area (Å²) in [6.07, 6.45) is 0. The van der Waals surface area contributed by atoms with Crippen LogP contribution < -0.4 is 0 Å². The van der Waals surface area contributed by atoms with Crippen LogP contribution in [0.15, 0.2) is 28.7 Å². The van der Waals surface area contributed by atoms with Crippen LogP contribution in [0.4, 0.5) is 4.39 Å². The molecular weight excluding hydrogens is 367 g/mol. The Kier molecular flexibility index (Phi) is 4.06. The second-order valence-corrected chi connectivity index (χ2v) is 7.13. The Morgan fingerprint density at radius 1 is 1.18 bits per heavy atom. The first-order valence-corrected chi connectivity index (χ1v) is 7.67. The fraction of sp³-hybridized carbons (Fsp3) is 0.231. The summed E-state index contributed by atoms with van der Waals surface area (Å²) >= 11 is 8.88. The molecule has 0 saturated heterocycles. The summed E-state index contributed by atoms with van der Waals surface area (Å²) in [5, 5.41) is 0. The molecule has 1 aromatic carbocycles. The molecule has 0 saturated carbocycles. The lowest BCUT2D eigenvalue weighted by molar-refractivity contribution is 0.625. The van der Waals surface area contributed by atoms with Crippen molar-refractivity contribution < 1.29 is 4.39 Å². The number of thiophene rings is 1. The van der Waals surface area contributed by atoms with Crippen molar-refractivity contribution in [2.75, 3.05) is 0 Å². The zero-order chi connectivity index (χ0) is 12.6. The van der Waals surface area contributed by atoms with E-state index in [1.165, 1.54) is 21.4 Å². The van der Waals surface area contributed by atoms with Crippen LogP contribution in [0.1, 0.15) is 25.7 Å². The van der Waals surface area contributed by atoms with Crippen LogP contribution in [0.25, 0.3) is 0 Å². The third-order valence-corrected chi connectivity index (χ3v) is 5.27. The topological polar surface area (TPSA) is 0 Å². The quantitative estimate of drug-likeness (QED) is 0.584. The highest BCUT2D eigenvalue weighted by Gasteiger charge is 2.17. The lowest BCUT2D eigenvalue weighted by Crippen LogP contribution is -1.95. The first-order valence-electron chi connectivity index (χ1n) is 5.15. The second-order valence-electron chi connectivity index (χ2n) is 3.90. The van der Waals surface area contributed by atoms with Crippen molar-refractivity contribution in [3.8, 4) is 0 Å². The smallest absolute Gasteiger partial charge is 0.123 e. The largest absolute Gasteiger partial charge is 0.207 e. The summed E-state index contributed by atoms with van der Waals surface area (Å²) < 4.78 is 14.2. The minimum absolute atomic E-state index is 0.0255. The Bertz CT molecular complexity index is 548. The maximum absolute atomic E-state index is 13.3. The van der Waals surface area contributed by atoms with E-state index < -0.39 is 0 Å². The molecule has 17 heavy (non-hydrogen) atoms. The van der Waals surface area contributed by atoms with Crippen LogP contribution >= 0.6 is 43.2 Å². The van der Waals surface area contributed by atoms with Gasteiger partial charge >= 0.3 is 0 Å². The summed E-state index contributed by atoms with van der Waals surface area (Å²) in [5.74, 6) is -0.211. The Labute approximate surface area is 121 Å². The van der Waals surface area contributed by atoms with Gasteiger partial charge in [0.05, 0.1) is 4.83 Å². The van der Waals surface area contributed by atoms with E-state index in [0.717, 1.165) is 10.0 Å². The Morgan fingerprint density at radius 2 is 1.88 bits per heavy atom. The molecule has 0 fully saturated rings. The number of alkyl halides is 1. The molecule has 0 spiro atoms. The van der Waals surface area contributed by atoms with Crippen molar-refractivity contribution in [3.05, 3.63) is 55.4 Å². The summed E-state index contributed by atoms with van der Waals surface area (Å²) in [7, 11) is 0. The number of aryl methyl sites for hydroxylation is 2. The van der Waals surface area contributed by atoms with Crippen molar-refractivity contribution in [2.45, 2.75) is 18.7 Å². The molecule has 1 unspecified atom stereocenters. The van der Waals surface area contributed by atoms with Crippen molar-refractivity contribution >= 4 is 43.2 Å². The number of hydrogen-bond donors (Lipinski definition) is 0. The van der Waals surface area contributed by atoms with Gasteiger partial charge in [-0.3, -0.25) is 0 Å². The van der Waals surface area contributed by atoms with Crippen LogP contribution in [0.3, 0.4) is 0 Å². The van der Waals surface area contributed by atoms with Crippen LogP contribution in [0, 0.1) is 19.7 Å². The van der Waals surface area contributed by atoms with Crippen molar-refractivity contribution in [2.24, 2.45) is 0 Å². The summed E-state index contributed by atoms with van der Waals surface area (Å²) in [5.41, 5.74) is 2.13. The first kappa shape index (κ1) is 13.2. The molecule has 0 aliphatic carbocycles. The predicted molar refractivity (Wildman–Crippen MR) is 78.7 cm³/mol. The summed E-state index contributed by atoms with van der Waals surface area (Å²) in [6.45, 7) is 4.18. The van der Waals surface area contributed by atoms with E-state index in [2.05, 4.69) is 51.8 Å². The molecule has 0 N–H and O–H groups in total. The molecule has 0 amide bonds. The van der Waals surface area contributed by atoms with Crippen molar-refractivity contribution in [3.63, 3.8) is 0 Å². The van der Waals surface area contributed by atoms with Gasteiger partial charge in [0.1, 0.15) is 5.82 Å². The molecule has 1 heterocycles. The van der Waals surface area contributed by atoms with E-state index in [-0.39, 0.29) is 10.6 Å². The van der Waals surface area contributed by atoms with Crippen LogP contribution in [0.2, 0.25) is 0 Å². The molecule has 2 aromatic rings. The third kappa shape index (κ3) is 2.80. The molecule has 0 aliphatic rings. The normalized spacial score (nSPS) is 12.8. The SMILES string of the molecule is Cc1cc(C(Br)c2cc(F)ccc2Br)c(C)s1. The van der Waals surface area contributed by atoms with Gasteiger partial charge in [-0.1, -0.05) is 31.9 Å². The Morgan fingerprint density at radius 3 is 2.47 bits per heavy atom. The maximum atomic E-state index is 13.3. The lowest BCUT2D eigenvalue weighted by Gasteiger charge is -2.12. The Balaban J connectivity index is 2.46. The van der Waals surface area contributed by atoms with E-state index in [4.69, 9.17) is 0 Å². The van der Waals surface area contributed by atoms with Crippen molar-refractivity contribution in [1.29, 1.82) is 0 Å². The van der Waals surface area contributed by atoms with E-state index in [1.807, 2.05) is 0 Å². The molecule has 1 atom stereocenters. The van der Waals surface area contributed by atoms with Gasteiger partial charge in [-0.15, -0.1) is 11.3 Å². The molecule has 0 bridgehead atoms. The van der Waals surface area contributed by atoms with Gasteiger partial charge in [-0.05, 0) is 49.2 Å². The highest BCUT2D eigenvalue weighted by molar-refractivity contribution is 9.11. The van der Waals surface area contributed by atoms with Crippen LogP contribution in [-0.2, 0) is 0 Å². The zero-order valence-electron chi connectivity index (χ0n) is 9.43. The summed E-state index contributed by atoms with van der Waals surface area (Å²) in [6, 6.07) is 6.92. The van der Waals surface area contributed by atoms with Gasteiger partial charge in [-0.25, -0.2) is 4.39 Å². The molecule has 4 heteroatoms. The van der Waals surface area contributed by atoms with E-state index in [9.17, 15) is 4.39 Å². The zero-order valence-corrected chi connectivity index (χ0v) is 13.4. The molecule has 0 aliphatic heterocycles. The van der Waals surface area contributed by atoms with Gasteiger partial charge in [0.25, 0.3) is 0 Å². The predicted octanol–water partition coefficient (Wildman–Crippen LogP) is 5.75. The van der Waals surface area contributed by atoms with E-state index >= 15 is 0 Å². The van der Waals surface area contributed by atoms with E-state index in [1.54, 1.807) is 23.5 Å². The molecule has 1 aromatic heterocycles. The third-order valence-electron chi connectivity index (χ3n) is 2.58. The van der Waals surface area contributed by atoms with Gasteiger partial charge in [0.2, 0.25) is 0 Å². The van der Waals surface area contributed by atoms with Gasteiger partial charge in [0.15, 0.2) is 0 Å². The standard InChI is InChI=1S/C13H11Br2FS/c1-7-5-10(8(2)17-7)13(15)11-6-9(16)3-4-12(11)14/h3-6,13H,1-2H3. The molecular formula is C13H11Br2FS. The fourth-order valence-corrected chi connectivity index (χ4v) is 4.53. The van der Waals surface area contributed by atoms with Gasteiger partial charge in [-0.2, -0.15) is 0 Å². The molecule has 0 nitrogen and oxygen atoms in total. The number of benzene rings is 1. The Hall–Kier alpha value is -0.190. The fourth-order valence-electron chi connectivity index (χ4n) is 1.78. The van der Waals surface area contributed by atoms with Crippen molar-refractivity contribution in [1.82, 2.24) is 0 Å². The lowest BCUT2D eigenvalue weighted by atomic mass is 10.1. The molecule has 90 valence electrons. The minimum Gasteiger partial charge on any atom is -0.207 e. The van der Waals surface area contributed by atoms with Gasteiger partial charge < -0.3 is 0 Å². The number of halogens is 3. The number of rotatable bonds is 2. The van der Waals surface area contributed by atoms with Crippen LogP contribution in [-0.4, -0.2) is 0 Å². The second kappa shape index (κ2) is 5.21.